The molecule has 3 aromatic rings. The minimum absolute atomic E-state index is 0.00337. The fourth-order valence-corrected chi connectivity index (χ4v) is 4.11. The molecular weight excluding hydrogens is 370 g/mol. The summed E-state index contributed by atoms with van der Waals surface area (Å²) in [7, 11) is 0. The van der Waals surface area contributed by atoms with Gasteiger partial charge in [-0.2, -0.15) is 0 Å². The maximum atomic E-state index is 13.7. The van der Waals surface area contributed by atoms with E-state index in [2.05, 4.69) is 0 Å². The SMILES string of the molecule is O=C(C=Cc1ccccc1)[C@H]1CCCN1C(=O)C(c1ccccc1)c1ccccc1. The van der Waals surface area contributed by atoms with Gasteiger partial charge in [-0.3, -0.25) is 9.59 Å². The van der Waals surface area contributed by atoms with Crippen LogP contribution in [0, 0.1) is 0 Å². The third-order valence-electron chi connectivity index (χ3n) is 5.62. The molecule has 0 radical (unpaired) electrons. The molecule has 0 unspecified atom stereocenters. The number of carbonyl (C=O) groups excluding carboxylic acids is 2. The van der Waals surface area contributed by atoms with Gasteiger partial charge in [0.1, 0.15) is 0 Å². The van der Waals surface area contributed by atoms with Gasteiger partial charge in [0.2, 0.25) is 5.91 Å². The van der Waals surface area contributed by atoms with Crippen molar-refractivity contribution in [2.45, 2.75) is 24.8 Å². The zero-order valence-corrected chi connectivity index (χ0v) is 16.9. The molecule has 150 valence electrons. The molecule has 30 heavy (non-hydrogen) atoms. The lowest BCUT2D eigenvalue weighted by Crippen LogP contribution is -2.42. The highest BCUT2D eigenvalue weighted by Crippen LogP contribution is 2.30. The average molecular weight is 396 g/mol. The maximum Gasteiger partial charge on any atom is 0.235 e. The molecule has 3 heteroatoms. The van der Waals surface area contributed by atoms with Crippen molar-refractivity contribution in [1.82, 2.24) is 4.90 Å². The first-order valence-corrected chi connectivity index (χ1v) is 10.4. The van der Waals surface area contributed by atoms with E-state index in [0.717, 1.165) is 23.1 Å². The van der Waals surface area contributed by atoms with Crippen LogP contribution in [0.4, 0.5) is 0 Å². The average Bonchev–Trinajstić information content (AvgIpc) is 3.30. The molecule has 3 aromatic carbocycles. The summed E-state index contributed by atoms with van der Waals surface area (Å²) >= 11 is 0. The molecular formula is C27H25NO2. The molecule has 1 aliphatic heterocycles. The van der Waals surface area contributed by atoms with Crippen LogP contribution in [0.5, 0.6) is 0 Å². The third kappa shape index (κ3) is 4.41. The molecule has 0 spiro atoms. The highest BCUT2D eigenvalue weighted by molar-refractivity contribution is 6.01. The van der Waals surface area contributed by atoms with Gasteiger partial charge in [-0.15, -0.1) is 0 Å². The van der Waals surface area contributed by atoms with Crippen LogP contribution in [0.2, 0.25) is 0 Å². The Kier molecular flexibility index (Phi) is 6.19. The highest BCUT2D eigenvalue weighted by atomic mass is 16.2. The second kappa shape index (κ2) is 9.36. The van der Waals surface area contributed by atoms with Gasteiger partial charge in [-0.05, 0) is 35.6 Å². The summed E-state index contributed by atoms with van der Waals surface area (Å²) in [5, 5.41) is 0. The fourth-order valence-electron chi connectivity index (χ4n) is 4.11. The standard InChI is InChI=1S/C27H25NO2/c29-25(19-18-21-11-4-1-5-12-21)24-17-10-20-28(24)27(30)26(22-13-6-2-7-14-22)23-15-8-3-9-16-23/h1-9,11-16,18-19,24,26H,10,17,20H2/t24-/m1/s1. The lowest BCUT2D eigenvalue weighted by molar-refractivity contribution is -0.136. The van der Waals surface area contributed by atoms with Crippen LogP contribution in [0.3, 0.4) is 0 Å². The van der Waals surface area contributed by atoms with E-state index in [-0.39, 0.29) is 11.7 Å². The van der Waals surface area contributed by atoms with Crippen LogP contribution in [0.15, 0.2) is 97.1 Å². The number of amides is 1. The fraction of sp³-hybridized carbons (Fsp3) is 0.185. The first-order chi connectivity index (χ1) is 14.7. The first kappa shape index (κ1) is 19.8. The van der Waals surface area contributed by atoms with Gasteiger partial charge < -0.3 is 4.90 Å². The minimum Gasteiger partial charge on any atom is -0.331 e. The zero-order valence-electron chi connectivity index (χ0n) is 16.9. The maximum absolute atomic E-state index is 13.7. The highest BCUT2D eigenvalue weighted by Gasteiger charge is 2.37. The predicted molar refractivity (Wildman–Crippen MR) is 120 cm³/mol. The summed E-state index contributed by atoms with van der Waals surface area (Å²) in [6.45, 7) is 0.616. The Labute approximate surface area is 177 Å². The molecule has 0 aromatic heterocycles. The molecule has 1 heterocycles. The van der Waals surface area contributed by atoms with Crippen LogP contribution < -0.4 is 0 Å². The number of likely N-dealkylation sites (tertiary alicyclic amines) is 1. The molecule has 1 atom stereocenters. The quantitative estimate of drug-likeness (QED) is 0.545. The van der Waals surface area contributed by atoms with Gasteiger partial charge in [-0.25, -0.2) is 0 Å². The van der Waals surface area contributed by atoms with Crippen LogP contribution in [-0.4, -0.2) is 29.2 Å². The summed E-state index contributed by atoms with van der Waals surface area (Å²) in [5.74, 6) is -0.417. The Morgan fingerprint density at radius 1 is 0.800 bits per heavy atom. The number of benzene rings is 3. The Bertz CT molecular complexity index is 973. The summed E-state index contributed by atoms with van der Waals surface area (Å²) in [6.07, 6.45) is 5.00. The van der Waals surface area contributed by atoms with Gasteiger partial charge >= 0.3 is 0 Å². The number of hydrogen-bond donors (Lipinski definition) is 0. The van der Waals surface area contributed by atoms with Gasteiger partial charge in [0.15, 0.2) is 5.78 Å². The molecule has 1 fully saturated rings. The predicted octanol–water partition coefficient (Wildman–Crippen LogP) is 5.09. The molecule has 1 saturated heterocycles. The van der Waals surface area contributed by atoms with Crippen molar-refractivity contribution >= 4 is 17.8 Å². The smallest absolute Gasteiger partial charge is 0.235 e. The van der Waals surface area contributed by atoms with E-state index in [1.807, 2.05) is 97.1 Å². The molecule has 0 N–H and O–H groups in total. The van der Waals surface area contributed by atoms with E-state index in [1.165, 1.54) is 0 Å². The molecule has 0 aliphatic carbocycles. The Balaban J connectivity index is 1.59. The first-order valence-electron chi connectivity index (χ1n) is 10.4. The summed E-state index contributed by atoms with van der Waals surface area (Å²) in [6, 6.07) is 29.0. The summed E-state index contributed by atoms with van der Waals surface area (Å²) < 4.78 is 0. The normalized spacial score (nSPS) is 16.3. The van der Waals surface area contributed by atoms with Crippen molar-refractivity contribution in [3.63, 3.8) is 0 Å². The lowest BCUT2D eigenvalue weighted by atomic mass is 9.89. The Hall–Kier alpha value is -3.46. The molecule has 1 aliphatic rings. The van der Waals surface area contributed by atoms with Crippen LogP contribution in [-0.2, 0) is 9.59 Å². The second-order valence-electron chi connectivity index (χ2n) is 7.59. The molecule has 0 bridgehead atoms. The number of hydrogen-bond acceptors (Lipinski definition) is 2. The number of carbonyl (C=O) groups is 2. The number of nitrogens with zero attached hydrogens (tertiary/aromatic N) is 1. The van der Waals surface area contributed by atoms with Gasteiger partial charge in [0.25, 0.3) is 0 Å². The second-order valence-corrected chi connectivity index (χ2v) is 7.59. The number of rotatable bonds is 6. The zero-order chi connectivity index (χ0) is 20.8. The van der Waals surface area contributed by atoms with Crippen LogP contribution >= 0.6 is 0 Å². The van der Waals surface area contributed by atoms with E-state index in [1.54, 1.807) is 11.0 Å². The van der Waals surface area contributed by atoms with E-state index in [9.17, 15) is 9.59 Å². The van der Waals surface area contributed by atoms with Gasteiger partial charge in [-0.1, -0.05) is 97.1 Å². The Morgan fingerprint density at radius 3 is 1.90 bits per heavy atom. The minimum atomic E-state index is -0.404. The number of ketones is 1. The Morgan fingerprint density at radius 2 is 1.33 bits per heavy atom. The van der Waals surface area contributed by atoms with E-state index in [0.29, 0.717) is 13.0 Å². The van der Waals surface area contributed by atoms with Crippen molar-refractivity contribution in [3.8, 4) is 0 Å². The molecule has 1 amide bonds. The van der Waals surface area contributed by atoms with Gasteiger partial charge in [0, 0.05) is 6.54 Å². The van der Waals surface area contributed by atoms with E-state index >= 15 is 0 Å². The molecule has 0 saturated carbocycles. The van der Waals surface area contributed by atoms with Crippen molar-refractivity contribution in [2.75, 3.05) is 6.54 Å². The molecule has 3 nitrogen and oxygen atoms in total. The van der Waals surface area contributed by atoms with Crippen LogP contribution in [0.25, 0.3) is 6.08 Å². The van der Waals surface area contributed by atoms with E-state index in [4.69, 9.17) is 0 Å². The van der Waals surface area contributed by atoms with E-state index < -0.39 is 12.0 Å². The van der Waals surface area contributed by atoms with Gasteiger partial charge in [0.05, 0.1) is 12.0 Å². The summed E-state index contributed by atoms with van der Waals surface area (Å²) in [4.78, 5) is 28.4. The third-order valence-corrected chi connectivity index (χ3v) is 5.62. The van der Waals surface area contributed by atoms with Crippen molar-refractivity contribution in [3.05, 3.63) is 114 Å². The van der Waals surface area contributed by atoms with Crippen molar-refractivity contribution < 1.29 is 9.59 Å². The summed E-state index contributed by atoms with van der Waals surface area (Å²) in [5.41, 5.74) is 2.88. The largest absolute Gasteiger partial charge is 0.331 e. The van der Waals surface area contributed by atoms with Crippen molar-refractivity contribution in [1.29, 1.82) is 0 Å². The topological polar surface area (TPSA) is 37.4 Å². The monoisotopic (exact) mass is 395 g/mol. The van der Waals surface area contributed by atoms with Crippen molar-refractivity contribution in [2.24, 2.45) is 0 Å². The molecule has 4 rings (SSSR count). The lowest BCUT2D eigenvalue weighted by Gasteiger charge is -2.28. The van der Waals surface area contributed by atoms with Crippen LogP contribution in [0.1, 0.15) is 35.4 Å².